The summed E-state index contributed by atoms with van der Waals surface area (Å²) >= 11 is 0. The molecule has 1 atom stereocenters. The summed E-state index contributed by atoms with van der Waals surface area (Å²) in [7, 11) is 0. The first-order valence-corrected chi connectivity index (χ1v) is 6.37. The predicted molar refractivity (Wildman–Crippen MR) is 68.4 cm³/mol. The zero-order valence-electron chi connectivity index (χ0n) is 11.6. The molecule has 0 radical (unpaired) electrons. The summed E-state index contributed by atoms with van der Waals surface area (Å²) in [6, 6.07) is 0. The minimum atomic E-state index is -0.789. The van der Waals surface area contributed by atoms with E-state index in [-0.39, 0.29) is 30.7 Å². The molecule has 0 aromatic carbocycles. The van der Waals surface area contributed by atoms with Crippen LogP contribution in [-0.4, -0.2) is 12.5 Å². The number of hydrogen-bond donors (Lipinski definition) is 1. The SMILES string of the molecule is Cc1oc(=O)oc1COC(=O)C[C@@H](CN)CC(C)C. The van der Waals surface area contributed by atoms with Gasteiger partial charge in [0.15, 0.2) is 18.1 Å². The highest BCUT2D eigenvalue weighted by Gasteiger charge is 2.16. The van der Waals surface area contributed by atoms with Crippen molar-refractivity contribution in [2.75, 3.05) is 6.54 Å². The summed E-state index contributed by atoms with van der Waals surface area (Å²) in [6.07, 6.45) is 1.15. The van der Waals surface area contributed by atoms with Crippen LogP contribution in [0.2, 0.25) is 0 Å². The Bertz CT molecular complexity index is 460. The smallest absolute Gasteiger partial charge is 0.457 e. The van der Waals surface area contributed by atoms with E-state index in [1.165, 1.54) is 0 Å². The Hall–Kier alpha value is -1.56. The lowest BCUT2D eigenvalue weighted by Gasteiger charge is -2.15. The van der Waals surface area contributed by atoms with Crippen LogP contribution in [0.1, 0.15) is 38.2 Å². The lowest BCUT2D eigenvalue weighted by Crippen LogP contribution is -2.21. The standard InChI is InChI=1S/C13H21NO5/c1-8(2)4-10(6-14)5-12(15)17-7-11-9(3)18-13(16)19-11/h8,10H,4-7,14H2,1-3H3/t10-/m0/s1. The first-order valence-electron chi connectivity index (χ1n) is 6.37. The minimum absolute atomic E-state index is 0.0879. The molecule has 1 aromatic heterocycles. The van der Waals surface area contributed by atoms with Crippen LogP contribution in [0.3, 0.4) is 0 Å². The Morgan fingerprint density at radius 2 is 2.05 bits per heavy atom. The van der Waals surface area contributed by atoms with E-state index in [1.54, 1.807) is 6.92 Å². The zero-order chi connectivity index (χ0) is 14.4. The van der Waals surface area contributed by atoms with Gasteiger partial charge in [-0.1, -0.05) is 13.8 Å². The van der Waals surface area contributed by atoms with Crippen LogP contribution < -0.4 is 11.6 Å². The van der Waals surface area contributed by atoms with Crippen molar-refractivity contribution >= 4 is 5.97 Å². The predicted octanol–water partition coefficient (Wildman–Crippen LogP) is 1.60. The second-order valence-corrected chi connectivity index (χ2v) is 5.03. The van der Waals surface area contributed by atoms with Crippen molar-refractivity contribution < 1.29 is 18.4 Å². The highest BCUT2D eigenvalue weighted by atomic mass is 16.6. The first-order chi connectivity index (χ1) is 8.92. The quantitative estimate of drug-likeness (QED) is 0.757. The van der Waals surface area contributed by atoms with E-state index in [1.807, 2.05) is 0 Å². The summed E-state index contributed by atoms with van der Waals surface area (Å²) in [5.41, 5.74) is 5.62. The number of esters is 1. The maximum atomic E-state index is 11.7. The van der Waals surface area contributed by atoms with Gasteiger partial charge in [0.05, 0.1) is 0 Å². The lowest BCUT2D eigenvalue weighted by molar-refractivity contribution is -0.146. The van der Waals surface area contributed by atoms with Crippen molar-refractivity contribution in [3.05, 3.63) is 22.1 Å². The van der Waals surface area contributed by atoms with Crippen molar-refractivity contribution in [2.45, 2.75) is 40.2 Å². The van der Waals surface area contributed by atoms with Gasteiger partial charge in [0, 0.05) is 6.42 Å². The van der Waals surface area contributed by atoms with E-state index in [9.17, 15) is 9.59 Å². The first kappa shape index (κ1) is 15.5. The van der Waals surface area contributed by atoms with Crippen LogP contribution >= 0.6 is 0 Å². The van der Waals surface area contributed by atoms with Crippen LogP contribution in [0.4, 0.5) is 0 Å². The van der Waals surface area contributed by atoms with Crippen LogP contribution in [0.15, 0.2) is 13.6 Å². The van der Waals surface area contributed by atoms with Crippen molar-refractivity contribution in [1.82, 2.24) is 0 Å². The molecule has 0 fully saturated rings. The van der Waals surface area contributed by atoms with Gasteiger partial charge in [0.2, 0.25) is 0 Å². The second kappa shape index (κ2) is 7.13. The molecule has 0 spiro atoms. The number of carbonyl (C=O) groups excluding carboxylic acids is 1. The van der Waals surface area contributed by atoms with Gasteiger partial charge in [-0.15, -0.1) is 0 Å². The molecule has 0 bridgehead atoms. The van der Waals surface area contributed by atoms with E-state index in [0.29, 0.717) is 18.2 Å². The fraction of sp³-hybridized carbons (Fsp3) is 0.692. The molecule has 1 heterocycles. The summed E-state index contributed by atoms with van der Waals surface area (Å²) < 4.78 is 14.5. The Kier molecular flexibility index (Phi) is 5.82. The zero-order valence-corrected chi connectivity index (χ0v) is 11.6. The third-order valence-corrected chi connectivity index (χ3v) is 2.79. The molecule has 1 rings (SSSR count). The molecule has 108 valence electrons. The maximum Gasteiger partial charge on any atom is 0.519 e. The molecular weight excluding hydrogens is 250 g/mol. The van der Waals surface area contributed by atoms with E-state index >= 15 is 0 Å². The Labute approximate surface area is 111 Å². The Morgan fingerprint density at radius 3 is 2.53 bits per heavy atom. The molecule has 6 nitrogen and oxygen atoms in total. The molecular formula is C13H21NO5. The fourth-order valence-corrected chi connectivity index (χ4v) is 1.88. The minimum Gasteiger partial charge on any atom is -0.457 e. The summed E-state index contributed by atoms with van der Waals surface area (Å²) in [5, 5.41) is 0. The summed E-state index contributed by atoms with van der Waals surface area (Å²) in [4.78, 5) is 22.5. The average molecular weight is 271 g/mol. The van der Waals surface area contributed by atoms with Crippen molar-refractivity contribution in [1.29, 1.82) is 0 Å². The van der Waals surface area contributed by atoms with Crippen LogP contribution in [-0.2, 0) is 16.1 Å². The molecule has 0 aliphatic rings. The average Bonchev–Trinajstić information content (AvgIpc) is 2.63. The number of rotatable bonds is 7. The molecule has 0 aliphatic heterocycles. The van der Waals surface area contributed by atoms with Gasteiger partial charge in [-0.3, -0.25) is 4.79 Å². The normalized spacial score (nSPS) is 12.7. The van der Waals surface area contributed by atoms with Crippen LogP contribution in [0, 0.1) is 18.8 Å². The third-order valence-electron chi connectivity index (χ3n) is 2.79. The van der Waals surface area contributed by atoms with Crippen molar-refractivity contribution in [3.63, 3.8) is 0 Å². The Morgan fingerprint density at radius 1 is 1.37 bits per heavy atom. The van der Waals surface area contributed by atoms with E-state index in [4.69, 9.17) is 14.9 Å². The number of aryl methyl sites for hydroxylation is 1. The Balaban J connectivity index is 2.42. The van der Waals surface area contributed by atoms with Crippen molar-refractivity contribution in [2.24, 2.45) is 17.6 Å². The maximum absolute atomic E-state index is 11.7. The molecule has 0 aliphatic carbocycles. The number of ether oxygens (including phenoxy) is 1. The molecule has 19 heavy (non-hydrogen) atoms. The van der Waals surface area contributed by atoms with Crippen LogP contribution in [0.5, 0.6) is 0 Å². The molecule has 0 amide bonds. The molecule has 1 aromatic rings. The summed E-state index contributed by atoms with van der Waals surface area (Å²) in [6.45, 7) is 6.10. The van der Waals surface area contributed by atoms with Gasteiger partial charge >= 0.3 is 11.8 Å². The topological polar surface area (TPSA) is 95.7 Å². The molecule has 2 N–H and O–H groups in total. The van der Waals surface area contributed by atoms with Gasteiger partial charge in [-0.05, 0) is 31.7 Å². The second-order valence-electron chi connectivity index (χ2n) is 5.03. The number of nitrogens with two attached hydrogens (primary N) is 1. The monoisotopic (exact) mass is 271 g/mol. The highest BCUT2D eigenvalue weighted by Crippen LogP contribution is 2.15. The van der Waals surface area contributed by atoms with Gasteiger partial charge < -0.3 is 19.3 Å². The third kappa shape index (κ3) is 5.30. The molecule has 6 heteroatoms. The molecule has 0 unspecified atom stereocenters. The van der Waals surface area contributed by atoms with E-state index in [0.717, 1.165) is 6.42 Å². The molecule has 0 saturated heterocycles. The fourth-order valence-electron chi connectivity index (χ4n) is 1.88. The van der Waals surface area contributed by atoms with Gasteiger partial charge in [0.25, 0.3) is 0 Å². The van der Waals surface area contributed by atoms with Crippen molar-refractivity contribution in [3.8, 4) is 0 Å². The van der Waals surface area contributed by atoms with Gasteiger partial charge in [-0.2, -0.15) is 0 Å². The lowest BCUT2D eigenvalue weighted by atomic mass is 9.94. The highest BCUT2D eigenvalue weighted by molar-refractivity contribution is 5.69. The van der Waals surface area contributed by atoms with E-state index < -0.39 is 5.82 Å². The van der Waals surface area contributed by atoms with Crippen LogP contribution in [0.25, 0.3) is 0 Å². The number of carbonyl (C=O) groups is 1. The van der Waals surface area contributed by atoms with E-state index in [2.05, 4.69) is 18.3 Å². The largest absolute Gasteiger partial charge is 0.519 e. The number of hydrogen-bond acceptors (Lipinski definition) is 6. The molecule has 0 saturated carbocycles. The van der Waals surface area contributed by atoms with Gasteiger partial charge in [0.1, 0.15) is 0 Å². The van der Waals surface area contributed by atoms with Gasteiger partial charge in [-0.25, -0.2) is 4.79 Å². The summed E-state index contributed by atoms with van der Waals surface area (Å²) in [5.74, 6) is 0.0323.